The van der Waals surface area contributed by atoms with E-state index in [4.69, 9.17) is 0 Å². The average molecular weight is 753 g/mol. The molecule has 0 atom stereocenters. The van der Waals surface area contributed by atoms with Crippen molar-refractivity contribution in [3.8, 4) is 46.5 Å². The fraction of sp³-hybridized carbons (Fsp3) is 0.105. The summed E-state index contributed by atoms with van der Waals surface area (Å²) in [7, 11) is 0. The van der Waals surface area contributed by atoms with Gasteiger partial charge in [-0.05, 0) is 68.8 Å². The minimum absolute atomic E-state index is 0.0827. The van der Waals surface area contributed by atoms with Crippen LogP contribution in [0.2, 0.25) is 0 Å². The van der Waals surface area contributed by atoms with E-state index in [2.05, 4.69) is 0 Å². The van der Waals surface area contributed by atoms with Gasteiger partial charge >= 0.3 is 24.7 Å². The van der Waals surface area contributed by atoms with Crippen LogP contribution in [-0.2, 0) is 24.7 Å². The number of hydrogen-bond acceptors (Lipinski definition) is 4. The molecular formula is C38H12F12N4. The molecule has 0 saturated carbocycles. The highest BCUT2D eigenvalue weighted by Gasteiger charge is 2.46. The van der Waals surface area contributed by atoms with Crippen LogP contribution in [0, 0.1) is 45.3 Å². The molecule has 6 rings (SSSR count). The van der Waals surface area contributed by atoms with Crippen LogP contribution in [0.15, 0.2) is 83.9 Å². The zero-order valence-electron chi connectivity index (χ0n) is 26.3. The van der Waals surface area contributed by atoms with Gasteiger partial charge < -0.3 is 0 Å². The molecule has 0 amide bonds. The second-order valence-corrected chi connectivity index (χ2v) is 11.7. The zero-order valence-corrected chi connectivity index (χ0v) is 26.3. The lowest BCUT2D eigenvalue weighted by molar-refractivity contribution is -0.162. The van der Waals surface area contributed by atoms with E-state index in [1.807, 2.05) is 0 Å². The Morgan fingerprint density at radius 3 is 0.963 bits per heavy atom. The first-order chi connectivity index (χ1) is 25.2. The quantitative estimate of drug-likeness (QED) is 0.150. The fourth-order valence-corrected chi connectivity index (χ4v) is 6.74. The van der Waals surface area contributed by atoms with Crippen molar-refractivity contribution in [3.05, 3.63) is 128 Å². The summed E-state index contributed by atoms with van der Waals surface area (Å²) in [6.07, 6.45) is -21.9. The van der Waals surface area contributed by atoms with Crippen LogP contribution in [0.4, 0.5) is 52.7 Å². The molecule has 54 heavy (non-hydrogen) atoms. The van der Waals surface area contributed by atoms with Gasteiger partial charge in [0.05, 0.1) is 22.3 Å². The predicted molar refractivity (Wildman–Crippen MR) is 167 cm³/mol. The number of alkyl halides is 12. The van der Waals surface area contributed by atoms with Gasteiger partial charge in [-0.15, -0.1) is 0 Å². The van der Waals surface area contributed by atoms with Gasteiger partial charge in [0.25, 0.3) is 0 Å². The minimum atomic E-state index is -5.52. The lowest BCUT2D eigenvalue weighted by Gasteiger charge is -2.20. The summed E-state index contributed by atoms with van der Waals surface area (Å²) in [5, 5.41) is 40.2. The molecule has 2 aliphatic rings. The molecule has 0 fully saturated rings. The van der Waals surface area contributed by atoms with Gasteiger partial charge in [0.1, 0.15) is 35.4 Å². The van der Waals surface area contributed by atoms with Crippen LogP contribution < -0.4 is 0 Å². The Hall–Kier alpha value is -6.78. The Labute approximate surface area is 295 Å². The number of halogens is 12. The predicted octanol–water partition coefficient (Wildman–Crippen LogP) is 11.6. The monoisotopic (exact) mass is 752 g/mol. The van der Waals surface area contributed by atoms with Gasteiger partial charge in [-0.25, -0.2) is 0 Å². The van der Waals surface area contributed by atoms with Gasteiger partial charge in [-0.2, -0.15) is 73.7 Å². The third-order valence-corrected chi connectivity index (χ3v) is 8.75. The van der Waals surface area contributed by atoms with E-state index < -0.39 is 69.2 Å². The maximum Gasteiger partial charge on any atom is 0.417 e. The summed E-state index contributed by atoms with van der Waals surface area (Å²) in [5.74, 6) is 0. The SMILES string of the molecule is N#CC(C#N)=C1C2=C(C(=C(C#N)C#N)c3cccc(-c4ccc(C(F)(F)F)c(C(F)(F)F)c4)c32)c2c1cccc2-c1ccc(C(F)(F)F)c(C(F)(F)F)c1. The van der Waals surface area contributed by atoms with E-state index in [-0.39, 0.29) is 79.9 Å². The second-order valence-electron chi connectivity index (χ2n) is 11.7. The topological polar surface area (TPSA) is 95.2 Å². The number of benzene rings is 4. The van der Waals surface area contributed by atoms with Gasteiger partial charge in [0.15, 0.2) is 0 Å². The smallest absolute Gasteiger partial charge is 0.192 e. The maximum atomic E-state index is 14.1. The van der Waals surface area contributed by atoms with E-state index in [0.29, 0.717) is 0 Å². The average Bonchev–Trinajstić information content (AvgIpc) is 3.60. The number of nitriles is 4. The number of nitrogens with zero attached hydrogens (tertiary/aromatic N) is 4. The van der Waals surface area contributed by atoms with Crippen LogP contribution in [0.1, 0.15) is 44.5 Å². The molecule has 16 heteroatoms. The molecule has 0 unspecified atom stereocenters. The fourth-order valence-electron chi connectivity index (χ4n) is 6.74. The molecule has 0 aliphatic heterocycles. The summed E-state index contributed by atoms with van der Waals surface area (Å²) in [6.45, 7) is 0. The largest absolute Gasteiger partial charge is 0.417 e. The van der Waals surface area contributed by atoms with E-state index in [0.717, 1.165) is 12.1 Å². The molecule has 0 N–H and O–H groups in total. The Bertz CT molecular complexity index is 2370. The molecule has 0 heterocycles. The molecule has 4 aromatic carbocycles. The summed E-state index contributed by atoms with van der Waals surface area (Å²) in [6, 6.07) is 16.4. The van der Waals surface area contributed by atoms with Crippen molar-refractivity contribution >= 4 is 22.3 Å². The van der Waals surface area contributed by atoms with Crippen molar-refractivity contribution in [2.45, 2.75) is 24.7 Å². The molecule has 2 aliphatic carbocycles. The first kappa shape index (κ1) is 37.0. The zero-order chi connectivity index (χ0) is 39.7. The van der Waals surface area contributed by atoms with Crippen molar-refractivity contribution in [1.29, 1.82) is 21.0 Å². The summed E-state index contributed by atoms with van der Waals surface area (Å²) in [4.78, 5) is 0. The normalized spacial score (nSPS) is 13.7. The maximum absolute atomic E-state index is 14.1. The van der Waals surface area contributed by atoms with Gasteiger partial charge in [0.2, 0.25) is 0 Å². The Balaban J connectivity index is 1.78. The number of fused-ring (bicyclic) bond motifs is 4. The van der Waals surface area contributed by atoms with Crippen molar-refractivity contribution in [2.75, 3.05) is 0 Å². The molecule has 268 valence electrons. The summed E-state index contributed by atoms with van der Waals surface area (Å²) < 4.78 is 166. The molecule has 0 bridgehead atoms. The number of rotatable bonds is 2. The van der Waals surface area contributed by atoms with Crippen LogP contribution in [0.25, 0.3) is 44.5 Å². The summed E-state index contributed by atoms with van der Waals surface area (Å²) in [5.41, 5.74) is -12.2. The van der Waals surface area contributed by atoms with Gasteiger partial charge in [0, 0.05) is 22.3 Å². The molecule has 0 saturated heterocycles. The number of hydrogen-bond donors (Lipinski definition) is 0. The Kier molecular flexibility index (Phi) is 8.51. The molecule has 0 spiro atoms. The van der Waals surface area contributed by atoms with Crippen molar-refractivity contribution in [2.24, 2.45) is 0 Å². The van der Waals surface area contributed by atoms with Crippen LogP contribution in [-0.4, -0.2) is 0 Å². The lowest BCUT2D eigenvalue weighted by atomic mass is 9.84. The lowest BCUT2D eigenvalue weighted by Crippen LogP contribution is -2.16. The summed E-state index contributed by atoms with van der Waals surface area (Å²) >= 11 is 0. The molecule has 0 radical (unpaired) electrons. The standard InChI is InChI=1S/C38H12F12N4/c39-35(40,41)25-9-7-17(11-27(25)37(45,46)47)21-3-1-5-23-29(19(13-51)14-52)33-32-22(18-8-10-26(36(42,43)44)28(12-18)38(48,49)50)4-2-6-24(32)30(20(15-53)16-54)34(33)31(21)23/h1-12H. The van der Waals surface area contributed by atoms with Crippen LogP contribution in [0.5, 0.6) is 0 Å². The Morgan fingerprint density at radius 1 is 0.389 bits per heavy atom. The van der Waals surface area contributed by atoms with Crippen molar-refractivity contribution in [1.82, 2.24) is 0 Å². The van der Waals surface area contributed by atoms with E-state index in [1.54, 1.807) is 24.3 Å². The third kappa shape index (κ3) is 5.82. The highest BCUT2D eigenvalue weighted by atomic mass is 19.4. The first-order valence-electron chi connectivity index (χ1n) is 14.9. The van der Waals surface area contributed by atoms with E-state index >= 15 is 0 Å². The second kappa shape index (κ2) is 12.4. The number of allylic oxidation sites excluding steroid dienone is 6. The molecule has 4 aromatic rings. The Morgan fingerprint density at radius 2 is 0.685 bits per heavy atom. The molecular weight excluding hydrogens is 740 g/mol. The van der Waals surface area contributed by atoms with Crippen LogP contribution in [0.3, 0.4) is 0 Å². The highest BCUT2D eigenvalue weighted by molar-refractivity contribution is 6.39. The van der Waals surface area contributed by atoms with Crippen molar-refractivity contribution in [3.63, 3.8) is 0 Å². The molecule has 4 nitrogen and oxygen atoms in total. The molecule has 0 aromatic heterocycles. The highest BCUT2D eigenvalue weighted by Crippen LogP contribution is 2.62. The van der Waals surface area contributed by atoms with Crippen LogP contribution >= 0.6 is 0 Å². The van der Waals surface area contributed by atoms with Gasteiger partial charge in [-0.1, -0.05) is 48.5 Å². The first-order valence-corrected chi connectivity index (χ1v) is 14.9. The van der Waals surface area contributed by atoms with Gasteiger partial charge in [-0.3, -0.25) is 0 Å². The third-order valence-electron chi connectivity index (χ3n) is 8.75. The van der Waals surface area contributed by atoms with Crippen molar-refractivity contribution < 1.29 is 52.7 Å². The van der Waals surface area contributed by atoms with E-state index in [9.17, 15) is 73.7 Å². The van der Waals surface area contributed by atoms with E-state index in [1.165, 1.54) is 36.4 Å². The minimum Gasteiger partial charge on any atom is -0.192 e.